The van der Waals surface area contributed by atoms with Crippen LogP contribution in [0.2, 0.25) is 5.02 Å². The third-order valence-electron chi connectivity index (χ3n) is 5.72. The number of aromatic nitrogens is 5. The molecule has 1 aliphatic rings. The van der Waals surface area contributed by atoms with Crippen molar-refractivity contribution in [1.82, 2.24) is 29.8 Å². The van der Waals surface area contributed by atoms with Gasteiger partial charge in [-0.05, 0) is 62.2 Å². The van der Waals surface area contributed by atoms with E-state index >= 15 is 0 Å². The largest absolute Gasteiger partial charge is 0.339 e. The predicted molar refractivity (Wildman–Crippen MR) is 115 cm³/mol. The Labute approximate surface area is 179 Å². The number of likely N-dealkylation sites (tertiary alicyclic amines) is 1. The molecule has 8 heteroatoms. The molecule has 30 heavy (non-hydrogen) atoms. The van der Waals surface area contributed by atoms with Gasteiger partial charge in [0.1, 0.15) is 0 Å². The minimum Gasteiger partial charge on any atom is -0.339 e. The second-order valence-corrected chi connectivity index (χ2v) is 8.40. The molecule has 1 aliphatic heterocycles. The van der Waals surface area contributed by atoms with Crippen LogP contribution in [0.25, 0.3) is 22.4 Å². The van der Waals surface area contributed by atoms with Crippen LogP contribution < -0.4 is 0 Å². The van der Waals surface area contributed by atoms with Crippen LogP contribution in [0.3, 0.4) is 0 Å². The SMILES string of the molecule is Cc1nn(C)c2ncc(CN3CCCC(c4nc(-c5ccc(Cl)cc5)no4)C3)cc12. The summed E-state index contributed by atoms with van der Waals surface area (Å²) in [6.45, 7) is 4.83. The number of hydrogen-bond acceptors (Lipinski definition) is 6. The highest BCUT2D eigenvalue weighted by Crippen LogP contribution is 2.29. The Balaban J connectivity index is 1.30. The van der Waals surface area contributed by atoms with Crippen LogP contribution in [-0.2, 0) is 13.6 Å². The molecule has 0 N–H and O–H groups in total. The first kappa shape index (κ1) is 19.2. The molecule has 1 saturated heterocycles. The van der Waals surface area contributed by atoms with Gasteiger partial charge in [-0.15, -0.1) is 0 Å². The van der Waals surface area contributed by atoms with E-state index in [1.165, 1.54) is 5.56 Å². The summed E-state index contributed by atoms with van der Waals surface area (Å²) in [4.78, 5) is 11.7. The normalized spacial score (nSPS) is 17.6. The van der Waals surface area contributed by atoms with Crippen molar-refractivity contribution in [3.63, 3.8) is 0 Å². The summed E-state index contributed by atoms with van der Waals surface area (Å²) in [6.07, 6.45) is 4.11. The molecule has 0 amide bonds. The minimum atomic E-state index is 0.240. The van der Waals surface area contributed by atoms with E-state index in [4.69, 9.17) is 16.1 Å². The lowest BCUT2D eigenvalue weighted by atomic mass is 9.97. The van der Waals surface area contributed by atoms with E-state index in [0.29, 0.717) is 16.7 Å². The molecule has 5 rings (SSSR count). The molecule has 1 atom stereocenters. The molecule has 1 fully saturated rings. The Bertz CT molecular complexity index is 1180. The van der Waals surface area contributed by atoms with E-state index in [9.17, 15) is 0 Å². The van der Waals surface area contributed by atoms with Crippen molar-refractivity contribution in [3.05, 3.63) is 58.7 Å². The van der Waals surface area contributed by atoms with Crippen LogP contribution in [0.4, 0.5) is 0 Å². The third-order valence-corrected chi connectivity index (χ3v) is 5.98. The van der Waals surface area contributed by atoms with Crippen LogP contribution in [0.1, 0.15) is 35.9 Å². The second-order valence-electron chi connectivity index (χ2n) is 7.96. The maximum absolute atomic E-state index is 5.97. The van der Waals surface area contributed by atoms with Crippen molar-refractivity contribution in [1.29, 1.82) is 0 Å². The standard InChI is InChI=1S/C22H23ClN6O/c1-14-19-10-15(11-24-21(19)28(2)26-14)12-29-9-3-4-17(13-29)22-25-20(27-30-22)16-5-7-18(23)8-6-16/h5-8,10-11,17H,3-4,9,12-13H2,1-2H3. The van der Waals surface area contributed by atoms with Crippen LogP contribution >= 0.6 is 11.6 Å². The smallest absolute Gasteiger partial charge is 0.231 e. The first-order valence-electron chi connectivity index (χ1n) is 10.2. The number of aryl methyl sites for hydroxylation is 2. The zero-order valence-electron chi connectivity index (χ0n) is 17.0. The van der Waals surface area contributed by atoms with Crippen LogP contribution in [-0.4, -0.2) is 42.9 Å². The van der Waals surface area contributed by atoms with Gasteiger partial charge in [-0.25, -0.2) is 4.98 Å². The summed E-state index contributed by atoms with van der Waals surface area (Å²) in [5.74, 6) is 1.56. The van der Waals surface area contributed by atoms with Crippen molar-refractivity contribution in [3.8, 4) is 11.4 Å². The van der Waals surface area contributed by atoms with Crippen LogP contribution in [0, 0.1) is 6.92 Å². The van der Waals surface area contributed by atoms with Crippen LogP contribution in [0.5, 0.6) is 0 Å². The molecule has 1 unspecified atom stereocenters. The minimum absolute atomic E-state index is 0.240. The monoisotopic (exact) mass is 422 g/mol. The molecule has 0 saturated carbocycles. The van der Waals surface area contributed by atoms with E-state index in [-0.39, 0.29) is 5.92 Å². The quantitative estimate of drug-likeness (QED) is 0.486. The average Bonchev–Trinajstić information content (AvgIpc) is 3.34. The van der Waals surface area contributed by atoms with Gasteiger partial charge < -0.3 is 4.52 Å². The average molecular weight is 423 g/mol. The summed E-state index contributed by atoms with van der Waals surface area (Å²) in [7, 11) is 1.93. The zero-order chi connectivity index (χ0) is 20.7. The van der Waals surface area contributed by atoms with E-state index in [0.717, 1.165) is 54.8 Å². The fourth-order valence-corrected chi connectivity index (χ4v) is 4.34. The molecule has 154 valence electrons. The molecular formula is C22H23ClN6O. The molecule has 0 spiro atoms. The molecule has 4 aromatic rings. The summed E-state index contributed by atoms with van der Waals surface area (Å²) in [5, 5.41) is 10.5. The first-order chi connectivity index (χ1) is 14.6. The Hall–Kier alpha value is -2.77. The number of halogens is 1. The van der Waals surface area contributed by atoms with Crippen LogP contribution in [0.15, 0.2) is 41.1 Å². The molecule has 0 bridgehead atoms. The third kappa shape index (κ3) is 3.70. The highest BCUT2D eigenvalue weighted by molar-refractivity contribution is 6.30. The van der Waals surface area contributed by atoms with E-state index < -0.39 is 0 Å². The number of benzene rings is 1. The van der Waals surface area contributed by atoms with Crippen molar-refractivity contribution >= 4 is 22.6 Å². The Morgan fingerprint density at radius 1 is 1.23 bits per heavy atom. The number of hydrogen-bond donors (Lipinski definition) is 0. The van der Waals surface area contributed by atoms with Gasteiger partial charge >= 0.3 is 0 Å². The molecular weight excluding hydrogens is 400 g/mol. The summed E-state index contributed by atoms with van der Waals surface area (Å²) in [5.41, 5.74) is 4.05. The van der Waals surface area contributed by atoms with Gasteiger partial charge in [-0.2, -0.15) is 10.1 Å². The lowest BCUT2D eigenvalue weighted by Gasteiger charge is -2.30. The molecule has 0 aliphatic carbocycles. The number of piperidine rings is 1. The lowest BCUT2D eigenvalue weighted by Crippen LogP contribution is -2.34. The Kier molecular flexibility index (Phi) is 5.00. The van der Waals surface area contributed by atoms with Gasteiger partial charge in [-0.1, -0.05) is 16.8 Å². The van der Waals surface area contributed by atoms with Gasteiger partial charge in [-0.3, -0.25) is 9.58 Å². The first-order valence-corrected chi connectivity index (χ1v) is 10.5. The maximum atomic E-state index is 5.97. The fourth-order valence-electron chi connectivity index (χ4n) is 4.21. The molecule has 1 aromatic carbocycles. The summed E-state index contributed by atoms with van der Waals surface area (Å²) < 4.78 is 7.45. The molecule has 3 aromatic heterocycles. The number of fused-ring (bicyclic) bond motifs is 1. The van der Waals surface area contributed by atoms with Gasteiger partial charge in [0.25, 0.3) is 0 Å². The summed E-state index contributed by atoms with van der Waals surface area (Å²) >= 11 is 5.97. The number of rotatable bonds is 4. The lowest BCUT2D eigenvalue weighted by molar-refractivity contribution is 0.180. The van der Waals surface area contributed by atoms with Crippen molar-refractivity contribution < 1.29 is 4.52 Å². The van der Waals surface area contributed by atoms with Crippen molar-refractivity contribution in [2.24, 2.45) is 7.05 Å². The summed E-state index contributed by atoms with van der Waals surface area (Å²) in [6, 6.07) is 9.70. The van der Waals surface area contributed by atoms with E-state index in [1.54, 1.807) is 0 Å². The van der Waals surface area contributed by atoms with E-state index in [2.05, 4.69) is 31.2 Å². The van der Waals surface area contributed by atoms with Gasteiger partial charge in [0.05, 0.1) is 11.6 Å². The van der Waals surface area contributed by atoms with Gasteiger partial charge in [0.15, 0.2) is 5.65 Å². The highest BCUT2D eigenvalue weighted by Gasteiger charge is 2.26. The van der Waals surface area contributed by atoms with Gasteiger partial charge in [0.2, 0.25) is 11.7 Å². The second kappa shape index (κ2) is 7.81. The zero-order valence-corrected chi connectivity index (χ0v) is 17.8. The van der Waals surface area contributed by atoms with Crippen molar-refractivity contribution in [2.45, 2.75) is 32.2 Å². The predicted octanol–water partition coefficient (Wildman–Crippen LogP) is 4.36. The Morgan fingerprint density at radius 3 is 2.90 bits per heavy atom. The number of pyridine rings is 1. The van der Waals surface area contributed by atoms with E-state index in [1.807, 2.05) is 49.1 Å². The molecule has 4 heterocycles. The van der Waals surface area contributed by atoms with Crippen molar-refractivity contribution in [2.75, 3.05) is 13.1 Å². The maximum Gasteiger partial charge on any atom is 0.231 e. The highest BCUT2D eigenvalue weighted by atomic mass is 35.5. The topological polar surface area (TPSA) is 72.9 Å². The van der Waals surface area contributed by atoms with Gasteiger partial charge in [0, 0.05) is 42.3 Å². The molecule has 7 nitrogen and oxygen atoms in total. The molecule has 0 radical (unpaired) electrons. The Morgan fingerprint density at radius 2 is 2.07 bits per heavy atom. The fraction of sp³-hybridized carbons (Fsp3) is 0.364. The number of nitrogens with zero attached hydrogens (tertiary/aromatic N) is 6.